The van der Waals surface area contributed by atoms with Gasteiger partial charge in [0.15, 0.2) is 5.69 Å². The molecule has 0 saturated heterocycles. The first-order valence-corrected chi connectivity index (χ1v) is 9.91. The highest BCUT2D eigenvalue weighted by Gasteiger charge is 2.27. The Balaban J connectivity index is 1.54. The molecule has 0 spiro atoms. The van der Waals surface area contributed by atoms with Gasteiger partial charge in [0.05, 0.1) is 6.33 Å². The van der Waals surface area contributed by atoms with Crippen molar-refractivity contribution < 1.29 is 4.79 Å². The molecule has 146 valence electrons. The van der Waals surface area contributed by atoms with Crippen molar-refractivity contribution in [1.29, 1.82) is 0 Å². The SMILES string of the molecule is Cn1nc(C(=O)N(CCCn2ccnc2)Cc2cccnc2)c2c1CCCC2. The zero-order chi connectivity index (χ0) is 19.3. The zero-order valence-corrected chi connectivity index (χ0v) is 16.3. The highest BCUT2D eigenvalue weighted by molar-refractivity contribution is 5.94. The molecule has 0 radical (unpaired) electrons. The standard InChI is InChI=1S/C21H26N6O/c1-25-19-8-3-2-7-18(19)20(24-25)21(28)27(15-17-6-4-9-22-14-17)12-5-11-26-13-10-23-16-26/h4,6,9-10,13-14,16H,2-3,5,7-8,11-12,15H2,1H3. The van der Waals surface area contributed by atoms with Crippen molar-refractivity contribution in [1.82, 2.24) is 29.2 Å². The summed E-state index contributed by atoms with van der Waals surface area (Å²) in [5.41, 5.74) is 4.02. The molecule has 0 saturated carbocycles. The maximum Gasteiger partial charge on any atom is 0.274 e. The normalized spacial score (nSPS) is 13.3. The Morgan fingerprint density at radius 1 is 1.21 bits per heavy atom. The predicted octanol–water partition coefficient (Wildman–Crippen LogP) is 2.62. The Kier molecular flexibility index (Phi) is 5.50. The Hall–Kier alpha value is -2.96. The Morgan fingerprint density at radius 3 is 2.89 bits per heavy atom. The van der Waals surface area contributed by atoms with Crippen LogP contribution in [-0.2, 0) is 33.0 Å². The molecule has 0 N–H and O–H groups in total. The minimum atomic E-state index is 0.0215. The van der Waals surface area contributed by atoms with Crippen LogP contribution in [0.2, 0.25) is 0 Å². The summed E-state index contributed by atoms with van der Waals surface area (Å²) in [6.07, 6.45) is 14.2. The molecule has 1 amide bonds. The molecule has 28 heavy (non-hydrogen) atoms. The van der Waals surface area contributed by atoms with Crippen molar-refractivity contribution in [2.45, 2.75) is 45.2 Å². The van der Waals surface area contributed by atoms with Gasteiger partial charge in [-0.25, -0.2) is 4.98 Å². The van der Waals surface area contributed by atoms with E-state index in [-0.39, 0.29) is 5.91 Å². The summed E-state index contributed by atoms with van der Waals surface area (Å²) < 4.78 is 3.94. The molecule has 1 aliphatic rings. The van der Waals surface area contributed by atoms with Gasteiger partial charge in [0.25, 0.3) is 5.91 Å². The second kappa shape index (κ2) is 8.37. The molecular weight excluding hydrogens is 352 g/mol. The van der Waals surface area contributed by atoms with Crippen molar-refractivity contribution in [2.75, 3.05) is 6.54 Å². The quantitative estimate of drug-likeness (QED) is 0.634. The number of carbonyl (C=O) groups excluding carboxylic acids is 1. The van der Waals surface area contributed by atoms with Crippen molar-refractivity contribution in [3.8, 4) is 0 Å². The van der Waals surface area contributed by atoms with E-state index in [9.17, 15) is 4.79 Å². The molecule has 4 rings (SSSR count). The van der Waals surface area contributed by atoms with E-state index in [0.29, 0.717) is 18.8 Å². The minimum absolute atomic E-state index is 0.0215. The van der Waals surface area contributed by atoms with Crippen LogP contribution in [0.4, 0.5) is 0 Å². The number of hydrogen-bond acceptors (Lipinski definition) is 4. The van der Waals surface area contributed by atoms with Crippen LogP contribution in [0.1, 0.15) is 46.6 Å². The maximum absolute atomic E-state index is 13.4. The molecule has 3 aromatic rings. The van der Waals surface area contributed by atoms with Gasteiger partial charge in [-0.15, -0.1) is 0 Å². The van der Waals surface area contributed by atoms with Gasteiger partial charge in [-0.2, -0.15) is 5.10 Å². The van der Waals surface area contributed by atoms with E-state index < -0.39 is 0 Å². The molecule has 0 atom stereocenters. The van der Waals surface area contributed by atoms with Crippen LogP contribution in [0.25, 0.3) is 0 Å². The number of pyridine rings is 1. The van der Waals surface area contributed by atoms with Gasteiger partial charge >= 0.3 is 0 Å². The second-order valence-corrected chi connectivity index (χ2v) is 7.35. The topological polar surface area (TPSA) is 68.8 Å². The molecular formula is C21H26N6O. The number of fused-ring (bicyclic) bond motifs is 1. The molecule has 0 fully saturated rings. The van der Waals surface area contributed by atoms with E-state index in [0.717, 1.165) is 43.4 Å². The Morgan fingerprint density at radius 2 is 2.11 bits per heavy atom. The Labute approximate surface area is 165 Å². The highest BCUT2D eigenvalue weighted by atomic mass is 16.2. The number of carbonyl (C=O) groups is 1. The van der Waals surface area contributed by atoms with Gasteiger partial charge in [-0.3, -0.25) is 14.5 Å². The molecule has 7 nitrogen and oxygen atoms in total. The molecule has 3 aromatic heterocycles. The minimum Gasteiger partial charge on any atom is -0.337 e. The summed E-state index contributed by atoms with van der Waals surface area (Å²) in [5, 5.41) is 4.61. The second-order valence-electron chi connectivity index (χ2n) is 7.35. The van der Waals surface area contributed by atoms with E-state index in [1.807, 2.05) is 52.1 Å². The lowest BCUT2D eigenvalue weighted by atomic mass is 9.95. The summed E-state index contributed by atoms with van der Waals surface area (Å²) in [7, 11) is 1.95. The van der Waals surface area contributed by atoms with Gasteiger partial charge in [0.2, 0.25) is 0 Å². The summed E-state index contributed by atoms with van der Waals surface area (Å²) in [5.74, 6) is 0.0215. The molecule has 0 aliphatic heterocycles. The fourth-order valence-corrected chi connectivity index (χ4v) is 3.92. The van der Waals surface area contributed by atoms with Crippen LogP contribution in [0, 0.1) is 0 Å². The first kappa shape index (κ1) is 18.4. The highest BCUT2D eigenvalue weighted by Crippen LogP contribution is 2.25. The van der Waals surface area contributed by atoms with E-state index in [4.69, 9.17) is 0 Å². The summed E-state index contributed by atoms with van der Waals surface area (Å²) >= 11 is 0. The number of imidazole rings is 1. The van der Waals surface area contributed by atoms with E-state index in [2.05, 4.69) is 15.1 Å². The maximum atomic E-state index is 13.4. The van der Waals surface area contributed by atoms with E-state index in [1.54, 1.807) is 12.4 Å². The first-order chi connectivity index (χ1) is 13.7. The number of amides is 1. The van der Waals surface area contributed by atoms with Crippen molar-refractivity contribution in [3.05, 3.63) is 65.8 Å². The van der Waals surface area contributed by atoms with Crippen LogP contribution in [-0.4, -0.2) is 41.7 Å². The third kappa shape index (κ3) is 3.98. The Bertz CT molecular complexity index is 916. The number of hydrogen-bond donors (Lipinski definition) is 0. The molecule has 3 heterocycles. The lowest BCUT2D eigenvalue weighted by Gasteiger charge is -2.23. The first-order valence-electron chi connectivity index (χ1n) is 9.91. The third-order valence-electron chi connectivity index (χ3n) is 5.35. The monoisotopic (exact) mass is 378 g/mol. The van der Waals surface area contributed by atoms with Gasteiger partial charge < -0.3 is 9.47 Å². The smallest absolute Gasteiger partial charge is 0.274 e. The van der Waals surface area contributed by atoms with Crippen LogP contribution in [0.3, 0.4) is 0 Å². The zero-order valence-electron chi connectivity index (χ0n) is 16.3. The van der Waals surface area contributed by atoms with Crippen LogP contribution >= 0.6 is 0 Å². The largest absolute Gasteiger partial charge is 0.337 e. The predicted molar refractivity (Wildman–Crippen MR) is 106 cm³/mol. The van der Waals surface area contributed by atoms with Crippen molar-refractivity contribution in [2.24, 2.45) is 7.05 Å². The number of nitrogens with zero attached hydrogens (tertiary/aromatic N) is 6. The van der Waals surface area contributed by atoms with Gasteiger partial charge in [-0.05, 0) is 43.7 Å². The molecule has 7 heteroatoms. The molecule has 0 bridgehead atoms. The van der Waals surface area contributed by atoms with Gasteiger partial charge in [-0.1, -0.05) is 6.07 Å². The summed E-state index contributed by atoms with van der Waals surface area (Å²) in [4.78, 5) is 23.6. The molecule has 1 aliphatic carbocycles. The average molecular weight is 378 g/mol. The lowest BCUT2D eigenvalue weighted by molar-refractivity contribution is 0.0731. The number of aryl methyl sites for hydroxylation is 2. The molecule has 0 unspecified atom stereocenters. The lowest BCUT2D eigenvalue weighted by Crippen LogP contribution is -2.33. The summed E-state index contributed by atoms with van der Waals surface area (Å²) in [6, 6.07) is 3.92. The average Bonchev–Trinajstić information content (AvgIpc) is 3.36. The number of rotatable bonds is 7. The number of aromatic nitrogens is 5. The van der Waals surface area contributed by atoms with Gasteiger partial charge in [0, 0.05) is 62.7 Å². The van der Waals surface area contributed by atoms with Crippen molar-refractivity contribution >= 4 is 5.91 Å². The summed E-state index contributed by atoms with van der Waals surface area (Å²) in [6.45, 7) is 2.04. The van der Waals surface area contributed by atoms with E-state index >= 15 is 0 Å². The fraction of sp³-hybridized carbons (Fsp3) is 0.429. The molecule has 0 aromatic carbocycles. The van der Waals surface area contributed by atoms with Crippen molar-refractivity contribution in [3.63, 3.8) is 0 Å². The van der Waals surface area contributed by atoms with Crippen LogP contribution < -0.4 is 0 Å². The van der Waals surface area contributed by atoms with Crippen LogP contribution in [0.5, 0.6) is 0 Å². The fourth-order valence-electron chi connectivity index (χ4n) is 3.92. The van der Waals surface area contributed by atoms with E-state index in [1.165, 1.54) is 12.1 Å². The van der Waals surface area contributed by atoms with Gasteiger partial charge in [0.1, 0.15) is 0 Å². The van der Waals surface area contributed by atoms with Crippen LogP contribution in [0.15, 0.2) is 43.2 Å². The third-order valence-corrected chi connectivity index (χ3v) is 5.35.